The van der Waals surface area contributed by atoms with Crippen LogP contribution in [0.3, 0.4) is 0 Å². The molecule has 5 rings (SSSR count). The van der Waals surface area contributed by atoms with Crippen molar-refractivity contribution in [1.29, 1.82) is 0 Å². The molecule has 3 aliphatic rings. The van der Waals surface area contributed by atoms with E-state index < -0.39 is 16.3 Å². The minimum atomic E-state index is -0.732. The Labute approximate surface area is 215 Å². The lowest BCUT2D eigenvalue weighted by Gasteiger charge is -2.34. The van der Waals surface area contributed by atoms with Crippen molar-refractivity contribution in [3.63, 3.8) is 0 Å². The molecule has 0 bridgehead atoms. The topological polar surface area (TPSA) is 97.8 Å². The van der Waals surface area contributed by atoms with Crippen molar-refractivity contribution in [2.24, 2.45) is 5.41 Å². The summed E-state index contributed by atoms with van der Waals surface area (Å²) < 4.78 is 11.7. The molecule has 36 heavy (non-hydrogen) atoms. The molecule has 1 spiro atoms. The van der Waals surface area contributed by atoms with E-state index in [0.717, 1.165) is 50.4 Å². The summed E-state index contributed by atoms with van der Waals surface area (Å²) in [6.45, 7) is 7.11. The highest BCUT2D eigenvalue weighted by Gasteiger charge is 2.45. The van der Waals surface area contributed by atoms with Gasteiger partial charge < -0.3 is 25.5 Å². The molecule has 8 nitrogen and oxygen atoms in total. The molecule has 2 saturated heterocycles. The van der Waals surface area contributed by atoms with Crippen molar-refractivity contribution in [3.05, 3.63) is 42.0 Å². The fourth-order valence-electron chi connectivity index (χ4n) is 5.07. The molecule has 3 heterocycles. The van der Waals surface area contributed by atoms with E-state index in [9.17, 15) is 14.1 Å². The zero-order valence-corrected chi connectivity index (χ0v) is 22.1. The normalized spacial score (nSPS) is 19.9. The second kappa shape index (κ2) is 10.0. The first-order valence-corrected chi connectivity index (χ1v) is 14.4. The smallest absolute Gasteiger partial charge is 0.259 e. The van der Waals surface area contributed by atoms with Gasteiger partial charge in [-0.15, -0.1) is 0 Å². The van der Waals surface area contributed by atoms with Gasteiger partial charge in [0.15, 0.2) is 0 Å². The highest BCUT2D eigenvalue weighted by Crippen LogP contribution is 2.54. The number of carbonyl (C=O) groups excluding carboxylic acids is 1. The third-order valence-electron chi connectivity index (χ3n) is 7.71. The molecule has 3 fully saturated rings. The number of aliphatic hydroxyl groups excluding tert-OH is 1. The molecule has 2 aromatic rings. The van der Waals surface area contributed by atoms with Crippen LogP contribution in [0.2, 0.25) is 0 Å². The van der Waals surface area contributed by atoms with Gasteiger partial charge in [0.1, 0.15) is 11.6 Å². The number of piperidine rings is 1. The van der Waals surface area contributed by atoms with Crippen molar-refractivity contribution in [1.82, 2.24) is 4.98 Å². The van der Waals surface area contributed by atoms with Gasteiger partial charge in [-0.3, -0.25) is 9.00 Å². The summed E-state index contributed by atoms with van der Waals surface area (Å²) in [7, 11) is -0.732. The number of pyridine rings is 1. The van der Waals surface area contributed by atoms with Crippen LogP contribution in [-0.4, -0.2) is 70.0 Å². The molecule has 0 radical (unpaired) electrons. The molecule has 1 saturated carbocycles. The quantitative estimate of drug-likeness (QED) is 0.524. The summed E-state index contributed by atoms with van der Waals surface area (Å²) in [5.74, 6) is 2.51. The summed E-state index contributed by atoms with van der Waals surface area (Å²) in [6, 6.07) is 11.5. The van der Waals surface area contributed by atoms with Crippen LogP contribution < -0.4 is 20.4 Å². The Morgan fingerprint density at radius 3 is 2.44 bits per heavy atom. The van der Waals surface area contributed by atoms with Crippen molar-refractivity contribution in [2.75, 3.05) is 64.7 Å². The fraction of sp³-hybridized carbons (Fsp3) is 0.556. The van der Waals surface area contributed by atoms with Gasteiger partial charge in [-0.25, -0.2) is 4.98 Å². The fourth-order valence-corrected chi connectivity index (χ4v) is 6.12. The van der Waals surface area contributed by atoms with Gasteiger partial charge in [0.25, 0.3) is 5.91 Å². The van der Waals surface area contributed by atoms with Gasteiger partial charge in [0.2, 0.25) is 0 Å². The Kier molecular flexibility index (Phi) is 6.96. The average molecular weight is 512 g/mol. The maximum atomic E-state index is 13.5. The molecule has 1 amide bonds. The standard InChI is InChI=1S/C27H37N5O3S/c1-26(2,19-33)30-23-7-6-22(24(29-23)32-12-10-27(8-9-27)11-13-32)25(34)28-20-4-3-5-21(18-20)31-14-16-36(35)17-15-31/h3-7,18,33H,8-17,19H2,1-2H3,(H,28,34)(H,29,30). The Morgan fingerprint density at radius 1 is 1.06 bits per heavy atom. The van der Waals surface area contributed by atoms with E-state index in [1.54, 1.807) is 0 Å². The number of hydrogen-bond donors (Lipinski definition) is 3. The molecule has 1 aromatic carbocycles. The molecule has 1 aromatic heterocycles. The zero-order chi connectivity index (χ0) is 25.3. The summed E-state index contributed by atoms with van der Waals surface area (Å²) in [5.41, 5.74) is 2.31. The lowest BCUT2D eigenvalue weighted by molar-refractivity contribution is 0.102. The van der Waals surface area contributed by atoms with Crippen LogP contribution in [0.1, 0.15) is 49.9 Å². The summed E-state index contributed by atoms with van der Waals surface area (Å²) in [4.78, 5) is 22.8. The van der Waals surface area contributed by atoms with E-state index in [2.05, 4.69) is 20.4 Å². The van der Waals surface area contributed by atoms with Gasteiger partial charge in [-0.2, -0.15) is 0 Å². The molecule has 1 aliphatic carbocycles. The monoisotopic (exact) mass is 511 g/mol. The van der Waals surface area contributed by atoms with Crippen LogP contribution in [0.5, 0.6) is 0 Å². The third-order valence-corrected chi connectivity index (χ3v) is 8.98. The largest absolute Gasteiger partial charge is 0.394 e. The van der Waals surface area contributed by atoms with Crippen LogP contribution >= 0.6 is 0 Å². The average Bonchev–Trinajstić information content (AvgIpc) is 3.63. The minimum absolute atomic E-state index is 0.0260. The number of nitrogens with zero attached hydrogens (tertiary/aromatic N) is 3. The van der Waals surface area contributed by atoms with Crippen molar-refractivity contribution >= 4 is 39.7 Å². The highest BCUT2D eigenvalue weighted by molar-refractivity contribution is 7.85. The maximum Gasteiger partial charge on any atom is 0.259 e. The molecule has 0 unspecified atom stereocenters. The second-order valence-corrected chi connectivity index (χ2v) is 12.8. The first-order chi connectivity index (χ1) is 17.3. The van der Waals surface area contributed by atoms with E-state index in [1.807, 2.05) is 50.2 Å². The number of aromatic nitrogens is 1. The number of benzene rings is 1. The molecule has 9 heteroatoms. The van der Waals surface area contributed by atoms with E-state index >= 15 is 0 Å². The second-order valence-electron chi connectivity index (χ2n) is 11.1. The van der Waals surface area contributed by atoms with E-state index in [1.165, 1.54) is 12.8 Å². The number of hydrogen-bond acceptors (Lipinski definition) is 7. The van der Waals surface area contributed by atoms with E-state index in [4.69, 9.17) is 4.98 Å². The molecular weight excluding hydrogens is 474 g/mol. The Bertz CT molecular complexity index is 1130. The van der Waals surface area contributed by atoms with Crippen LogP contribution in [0, 0.1) is 5.41 Å². The molecular formula is C27H37N5O3S. The van der Waals surface area contributed by atoms with Gasteiger partial charge in [0, 0.05) is 59.9 Å². The first kappa shape index (κ1) is 25.0. The first-order valence-electron chi connectivity index (χ1n) is 12.9. The summed E-state index contributed by atoms with van der Waals surface area (Å²) in [5, 5.41) is 16.1. The summed E-state index contributed by atoms with van der Waals surface area (Å²) >= 11 is 0. The minimum Gasteiger partial charge on any atom is -0.394 e. The van der Waals surface area contributed by atoms with Crippen molar-refractivity contribution < 1.29 is 14.1 Å². The van der Waals surface area contributed by atoms with Crippen molar-refractivity contribution in [2.45, 2.75) is 45.1 Å². The lowest BCUT2D eigenvalue weighted by Crippen LogP contribution is -2.38. The SMILES string of the molecule is CC(C)(CO)Nc1ccc(C(=O)Nc2cccc(N3CCS(=O)CC3)c2)c(N2CCC3(CC2)CC3)n1. The zero-order valence-electron chi connectivity index (χ0n) is 21.3. The third kappa shape index (κ3) is 5.67. The van der Waals surface area contributed by atoms with Gasteiger partial charge >= 0.3 is 0 Å². The number of anilines is 4. The maximum absolute atomic E-state index is 13.5. The number of carbonyl (C=O) groups is 1. The van der Waals surface area contributed by atoms with Crippen LogP contribution in [0.4, 0.5) is 23.0 Å². The van der Waals surface area contributed by atoms with Gasteiger partial charge in [0.05, 0.1) is 17.7 Å². The number of amides is 1. The van der Waals surface area contributed by atoms with Crippen LogP contribution in [0.25, 0.3) is 0 Å². The lowest BCUT2D eigenvalue weighted by atomic mass is 9.93. The summed E-state index contributed by atoms with van der Waals surface area (Å²) in [6.07, 6.45) is 4.91. The predicted molar refractivity (Wildman–Crippen MR) is 147 cm³/mol. The molecule has 2 aliphatic heterocycles. The molecule has 0 atom stereocenters. The Balaban J connectivity index is 1.37. The predicted octanol–water partition coefficient (Wildman–Crippen LogP) is 3.47. The van der Waals surface area contributed by atoms with E-state index in [0.29, 0.717) is 34.1 Å². The van der Waals surface area contributed by atoms with Crippen LogP contribution in [0.15, 0.2) is 36.4 Å². The Morgan fingerprint density at radius 2 is 1.78 bits per heavy atom. The van der Waals surface area contributed by atoms with E-state index in [-0.39, 0.29) is 12.5 Å². The Hall–Kier alpha value is -2.65. The highest BCUT2D eigenvalue weighted by atomic mass is 32.2. The van der Waals surface area contributed by atoms with Crippen LogP contribution in [-0.2, 0) is 10.8 Å². The number of nitrogens with one attached hydrogen (secondary N) is 2. The van der Waals surface area contributed by atoms with Gasteiger partial charge in [-0.05, 0) is 75.3 Å². The molecule has 194 valence electrons. The van der Waals surface area contributed by atoms with Gasteiger partial charge in [-0.1, -0.05) is 6.07 Å². The van der Waals surface area contributed by atoms with Crippen molar-refractivity contribution in [3.8, 4) is 0 Å². The number of rotatable bonds is 7. The number of aliphatic hydroxyl groups is 1. The molecule has 3 N–H and O–H groups in total.